The highest BCUT2D eigenvalue weighted by atomic mass is 16.5. The molecule has 4 aromatic carbocycles. The lowest BCUT2D eigenvalue weighted by Gasteiger charge is -2.36. The SMILES string of the molecule is COC(=O)C1(C#N)C(c2ccc(N(C)C)cc2)C(C(=O)OC(c2ccccc2)c2ccccc2)N2C=Cc3ccccc3C21. The van der Waals surface area contributed by atoms with Crippen molar-refractivity contribution in [2.75, 3.05) is 26.1 Å². The van der Waals surface area contributed by atoms with Crippen molar-refractivity contribution in [1.29, 1.82) is 5.26 Å². The Hall–Kier alpha value is -5.35. The van der Waals surface area contributed by atoms with Gasteiger partial charge in [0.05, 0.1) is 19.2 Å². The number of anilines is 1. The number of ether oxygens (including phenoxy) is 2. The molecule has 7 nitrogen and oxygen atoms in total. The van der Waals surface area contributed by atoms with Gasteiger partial charge in [0, 0.05) is 31.9 Å². The number of carbonyl (C=O) groups excluding carboxylic acids is 2. The molecule has 1 saturated heterocycles. The predicted octanol–water partition coefficient (Wildman–Crippen LogP) is 6.26. The molecule has 0 bridgehead atoms. The molecule has 0 N–H and O–H groups in total. The molecule has 0 amide bonds. The van der Waals surface area contributed by atoms with E-state index in [1.54, 1.807) is 0 Å². The van der Waals surface area contributed by atoms with E-state index in [1.807, 2.05) is 145 Å². The normalized spacial score (nSPS) is 21.6. The van der Waals surface area contributed by atoms with Gasteiger partial charge < -0.3 is 19.3 Å². The van der Waals surface area contributed by atoms with E-state index >= 15 is 0 Å². The Morgan fingerprint density at radius 2 is 1.45 bits per heavy atom. The Labute approximate surface area is 257 Å². The molecule has 4 aromatic rings. The van der Waals surface area contributed by atoms with Crippen molar-refractivity contribution in [3.05, 3.63) is 143 Å². The number of hydrogen-bond acceptors (Lipinski definition) is 7. The summed E-state index contributed by atoms with van der Waals surface area (Å²) in [6.45, 7) is 0. The Kier molecular flexibility index (Phi) is 7.67. The highest BCUT2D eigenvalue weighted by Crippen LogP contribution is 2.60. The van der Waals surface area contributed by atoms with Gasteiger partial charge in [-0.2, -0.15) is 5.26 Å². The first-order valence-corrected chi connectivity index (χ1v) is 14.5. The van der Waals surface area contributed by atoms with Crippen molar-refractivity contribution in [2.45, 2.75) is 24.1 Å². The van der Waals surface area contributed by atoms with E-state index in [9.17, 15) is 14.9 Å². The Bertz CT molecular complexity index is 1690. The van der Waals surface area contributed by atoms with Crippen LogP contribution >= 0.6 is 0 Å². The van der Waals surface area contributed by atoms with Crippen LogP contribution in [0.25, 0.3) is 6.08 Å². The summed E-state index contributed by atoms with van der Waals surface area (Å²) in [5.74, 6) is -2.14. The van der Waals surface area contributed by atoms with E-state index in [0.29, 0.717) is 5.56 Å². The van der Waals surface area contributed by atoms with E-state index in [4.69, 9.17) is 9.47 Å². The smallest absolute Gasteiger partial charge is 0.330 e. The molecule has 6 rings (SSSR count). The van der Waals surface area contributed by atoms with Crippen LogP contribution in [0.2, 0.25) is 0 Å². The van der Waals surface area contributed by atoms with Crippen LogP contribution in [0.15, 0.2) is 115 Å². The summed E-state index contributed by atoms with van der Waals surface area (Å²) >= 11 is 0. The minimum absolute atomic E-state index is 0.542. The number of benzene rings is 4. The van der Waals surface area contributed by atoms with Crippen LogP contribution in [0.4, 0.5) is 5.69 Å². The number of rotatable bonds is 7. The van der Waals surface area contributed by atoms with E-state index in [-0.39, 0.29) is 0 Å². The number of esters is 2. The molecule has 4 atom stereocenters. The van der Waals surface area contributed by atoms with Gasteiger partial charge in [-0.1, -0.05) is 97.1 Å². The monoisotopic (exact) mass is 583 g/mol. The van der Waals surface area contributed by atoms with Gasteiger partial charge in [0.25, 0.3) is 0 Å². The maximum absolute atomic E-state index is 14.7. The van der Waals surface area contributed by atoms with Crippen LogP contribution < -0.4 is 4.90 Å². The maximum atomic E-state index is 14.7. The zero-order valence-electron chi connectivity index (χ0n) is 24.8. The fourth-order valence-electron chi connectivity index (χ4n) is 6.69. The van der Waals surface area contributed by atoms with Crippen LogP contribution in [0, 0.1) is 16.7 Å². The third-order valence-electron chi connectivity index (χ3n) is 8.73. The van der Waals surface area contributed by atoms with Crippen LogP contribution in [0.1, 0.15) is 45.9 Å². The van der Waals surface area contributed by atoms with Gasteiger partial charge >= 0.3 is 11.9 Å². The molecule has 2 aliphatic rings. The number of nitriles is 1. The molecule has 0 aromatic heterocycles. The van der Waals surface area contributed by atoms with Gasteiger partial charge in [-0.25, -0.2) is 4.79 Å². The third kappa shape index (κ3) is 4.69. The first kappa shape index (κ1) is 28.8. The Morgan fingerprint density at radius 1 is 0.864 bits per heavy atom. The number of fused-ring (bicyclic) bond motifs is 3. The average Bonchev–Trinajstić information content (AvgIpc) is 3.39. The van der Waals surface area contributed by atoms with Crippen LogP contribution in [-0.4, -0.2) is 44.1 Å². The fourth-order valence-corrected chi connectivity index (χ4v) is 6.69. The molecule has 220 valence electrons. The predicted molar refractivity (Wildman–Crippen MR) is 168 cm³/mol. The fraction of sp³-hybridized carbons (Fsp3) is 0.216. The summed E-state index contributed by atoms with van der Waals surface area (Å²) in [4.78, 5) is 32.4. The van der Waals surface area contributed by atoms with E-state index in [0.717, 1.165) is 27.9 Å². The van der Waals surface area contributed by atoms with Crippen molar-refractivity contribution in [3.8, 4) is 6.07 Å². The molecule has 7 heteroatoms. The maximum Gasteiger partial charge on any atom is 0.330 e. The van der Waals surface area contributed by atoms with Crippen molar-refractivity contribution in [2.24, 2.45) is 5.41 Å². The minimum Gasteiger partial charge on any atom is -0.468 e. The molecule has 4 unspecified atom stereocenters. The number of methoxy groups -OCH3 is 1. The van der Waals surface area contributed by atoms with Crippen molar-refractivity contribution >= 4 is 23.7 Å². The number of nitrogens with zero attached hydrogens (tertiary/aromatic N) is 3. The Balaban J connectivity index is 1.54. The van der Waals surface area contributed by atoms with E-state index in [1.165, 1.54) is 7.11 Å². The molecule has 0 radical (unpaired) electrons. The summed E-state index contributed by atoms with van der Waals surface area (Å²) < 4.78 is 11.8. The third-order valence-corrected chi connectivity index (χ3v) is 8.73. The molecular formula is C37H33N3O4. The second-order valence-electron chi connectivity index (χ2n) is 11.3. The topological polar surface area (TPSA) is 82.9 Å². The second kappa shape index (κ2) is 11.7. The summed E-state index contributed by atoms with van der Waals surface area (Å²) in [7, 11) is 5.16. The molecule has 2 heterocycles. The largest absolute Gasteiger partial charge is 0.468 e. The molecule has 0 aliphatic carbocycles. The van der Waals surface area contributed by atoms with Crippen LogP contribution in [0.5, 0.6) is 0 Å². The van der Waals surface area contributed by atoms with Gasteiger partial charge in [-0.05, 0) is 46.0 Å². The minimum atomic E-state index is -1.76. The highest BCUT2D eigenvalue weighted by molar-refractivity contribution is 5.90. The van der Waals surface area contributed by atoms with Crippen LogP contribution in [0.3, 0.4) is 0 Å². The lowest BCUT2D eigenvalue weighted by Crippen LogP contribution is -2.41. The molecule has 2 aliphatic heterocycles. The van der Waals surface area contributed by atoms with Crippen molar-refractivity contribution in [1.82, 2.24) is 4.90 Å². The summed E-state index contributed by atoms with van der Waals surface area (Å²) in [5.41, 5.74) is 3.13. The summed E-state index contributed by atoms with van der Waals surface area (Å²) in [6.07, 6.45) is 3.02. The van der Waals surface area contributed by atoms with Gasteiger partial charge in [-0.15, -0.1) is 0 Å². The van der Waals surface area contributed by atoms with Gasteiger partial charge in [0.1, 0.15) is 6.04 Å². The van der Waals surface area contributed by atoms with E-state index in [2.05, 4.69) is 6.07 Å². The molecular weight excluding hydrogens is 550 g/mol. The quantitative estimate of drug-likeness (QED) is 0.238. The van der Waals surface area contributed by atoms with E-state index < -0.39 is 41.5 Å². The number of hydrogen-bond donors (Lipinski definition) is 0. The van der Waals surface area contributed by atoms with Crippen molar-refractivity contribution in [3.63, 3.8) is 0 Å². The summed E-state index contributed by atoms with van der Waals surface area (Å²) in [5, 5.41) is 11.0. The molecule has 0 saturated carbocycles. The zero-order chi connectivity index (χ0) is 30.8. The standard InChI is InChI=1S/C37H33N3O4/c1-39(2)29-20-18-26(19-21-29)31-32(35(41)44-33(27-13-6-4-7-14-27)28-15-8-5-9-16-28)40-23-22-25-12-10-11-17-30(25)34(40)37(31,24-38)36(42)43-3/h4-23,31-34H,1-3H3. The van der Waals surface area contributed by atoms with Gasteiger partial charge in [-0.3, -0.25) is 4.79 Å². The number of carbonyl (C=O) groups is 2. The Morgan fingerprint density at radius 3 is 2.02 bits per heavy atom. The molecule has 1 fully saturated rings. The first-order valence-electron chi connectivity index (χ1n) is 14.5. The highest BCUT2D eigenvalue weighted by Gasteiger charge is 2.68. The average molecular weight is 584 g/mol. The van der Waals surface area contributed by atoms with Gasteiger partial charge in [0.15, 0.2) is 11.5 Å². The molecule has 0 spiro atoms. The summed E-state index contributed by atoms with van der Waals surface area (Å²) in [6, 6.07) is 35.0. The van der Waals surface area contributed by atoms with Gasteiger partial charge in [0.2, 0.25) is 0 Å². The molecule has 44 heavy (non-hydrogen) atoms. The first-order chi connectivity index (χ1) is 21.4. The lowest BCUT2D eigenvalue weighted by molar-refractivity contribution is -0.153. The van der Waals surface area contributed by atoms with Crippen molar-refractivity contribution < 1.29 is 19.1 Å². The zero-order valence-corrected chi connectivity index (χ0v) is 24.8. The van der Waals surface area contributed by atoms with Crippen LogP contribution in [-0.2, 0) is 19.1 Å². The lowest BCUT2D eigenvalue weighted by atomic mass is 9.67. The second-order valence-corrected chi connectivity index (χ2v) is 11.3.